The Kier molecular flexibility index (Phi) is 6.32. The van der Waals surface area contributed by atoms with Gasteiger partial charge in [-0.3, -0.25) is 9.13 Å². The predicted molar refractivity (Wildman–Crippen MR) is 193 cm³/mol. The molecule has 9 rings (SSSR count). The molecule has 5 aromatic carbocycles. The van der Waals surface area contributed by atoms with Crippen LogP contribution < -0.4 is 0 Å². The summed E-state index contributed by atoms with van der Waals surface area (Å²) in [6.07, 6.45) is 6.48. The second-order valence-corrected chi connectivity index (χ2v) is 12.2. The van der Waals surface area contributed by atoms with Crippen molar-refractivity contribution in [3.8, 4) is 46.0 Å². The van der Waals surface area contributed by atoms with Gasteiger partial charge in [0.05, 0.1) is 45.5 Å². The lowest BCUT2D eigenvalue weighted by atomic mass is 9.94. The Morgan fingerprint density at radius 3 is 1.98 bits per heavy atom. The van der Waals surface area contributed by atoms with E-state index in [9.17, 15) is 10.5 Å². The minimum absolute atomic E-state index is 0.623. The van der Waals surface area contributed by atoms with Gasteiger partial charge in [-0.15, -0.1) is 0 Å². The van der Waals surface area contributed by atoms with Gasteiger partial charge in [0.1, 0.15) is 11.6 Å². The normalized spacial score (nSPS) is 12.3. The first-order valence-electron chi connectivity index (χ1n) is 16.1. The molecule has 8 aromatic rings. The number of hydrogen-bond acceptors (Lipinski definition) is 3. The van der Waals surface area contributed by atoms with Crippen molar-refractivity contribution < 1.29 is 0 Å². The molecule has 0 aliphatic heterocycles. The molecule has 0 radical (unpaired) electrons. The van der Waals surface area contributed by atoms with Crippen molar-refractivity contribution >= 4 is 38.8 Å². The Balaban J connectivity index is 1.39. The van der Waals surface area contributed by atoms with Crippen LogP contribution in [0, 0.1) is 22.7 Å². The van der Waals surface area contributed by atoms with Crippen LogP contribution in [0.5, 0.6) is 0 Å². The zero-order valence-electron chi connectivity index (χ0n) is 25.9. The van der Waals surface area contributed by atoms with Crippen LogP contribution in [-0.4, -0.2) is 14.1 Å². The summed E-state index contributed by atoms with van der Waals surface area (Å²) >= 11 is 0. The van der Waals surface area contributed by atoms with E-state index in [0.29, 0.717) is 11.1 Å². The molecule has 0 fully saturated rings. The fraction of sp³-hybridized carbons (Fsp3) is 0.0465. The minimum atomic E-state index is 0.623. The third-order valence-corrected chi connectivity index (χ3v) is 9.46. The summed E-state index contributed by atoms with van der Waals surface area (Å²) in [5.74, 6) is 1.61. The van der Waals surface area contributed by atoms with E-state index < -0.39 is 0 Å². The number of benzene rings is 5. The molecule has 3 heterocycles. The Morgan fingerprint density at radius 1 is 0.542 bits per heavy atom. The lowest BCUT2D eigenvalue weighted by molar-refractivity contribution is 0.942. The van der Waals surface area contributed by atoms with Gasteiger partial charge in [-0.1, -0.05) is 78.9 Å². The van der Waals surface area contributed by atoms with Gasteiger partial charge in [0.15, 0.2) is 0 Å². The van der Waals surface area contributed by atoms with E-state index in [-0.39, 0.29) is 0 Å². The molecule has 0 amide bonds. The first-order valence-corrected chi connectivity index (χ1v) is 16.1. The summed E-state index contributed by atoms with van der Waals surface area (Å²) in [5, 5.41) is 22.8. The van der Waals surface area contributed by atoms with Crippen LogP contribution in [0.15, 0.2) is 133 Å². The maximum Gasteiger partial charge on any atom is 0.140 e. The van der Waals surface area contributed by atoms with Crippen molar-refractivity contribution in [1.82, 2.24) is 14.1 Å². The molecule has 0 bridgehead atoms. The smallest absolute Gasteiger partial charge is 0.140 e. The summed E-state index contributed by atoms with van der Waals surface area (Å²) < 4.78 is 4.51. The maximum absolute atomic E-state index is 9.74. The van der Waals surface area contributed by atoms with Gasteiger partial charge in [0.2, 0.25) is 0 Å². The molecule has 0 saturated heterocycles. The number of allylic oxidation sites excluding steroid dienone is 1. The van der Waals surface area contributed by atoms with E-state index in [1.807, 2.05) is 54.6 Å². The van der Waals surface area contributed by atoms with Crippen molar-refractivity contribution in [2.75, 3.05) is 0 Å². The third kappa shape index (κ3) is 4.26. The molecule has 0 unspecified atom stereocenters. The van der Waals surface area contributed by atoms with E-state index in [0.717, 1.165) is 79.7 Å². The molecule has 1 aliphatic carbocycles. The quantitative estimate of drug-likeness (QED) is 0.198. The van der Waals surface area contributed by atoms with Gasteiger partial charge in [0.25, 0.3) is 0 Å². The number of nitriles is 2. The van der Waals surface area contributed by atoms with E-state index in [4.69, 9.17) is 4.98 Å². The number of aryl methyl sites for hydroxylation is 1. The lowest BCUT2D eigenvalue weighted by Crippen LogP contribution is -2.07. The summed E-state index contributed by atoms with van der Waals surface area (Å²) in [6, 6.07) is 47.9. The molecule has 0 atom stereocenters. The molecule has 0 spiro atoms. The maximum atomic E-state index is 9.74. The van der Waals surface area contributed by atoms with E-state index >= 15 is 0 Å². The SMILES string of the molecule is N#Cc1cccc(-c2ccccc2-c2cc(-n3c4c(c5ccccc53)CCC=C4)nc(-n3c4ccccc4c4cc(C#N)ccc43)c2)c1. The van der Waals surface area contributed by atoms with Crippen LogP contribution >= 0.6 is 0 Å². The highest BCUT2D eigenvalue weighted by molar-refractivity contribution is 6.09. The average molecular weight is 614 g/mol. The highest BCUT2D eigenvalue weighted by atomic mass is 15.1. The number of rotatable bonds is 4. The molecule has 0 N–H and O–H groups in total. The second-order valence-electron chi connectivity index (χ2n) is 12.2. The van der Waals surface area contributed by atoms with E-state index in [1.54, 1.807) is 0 Å². The van der Waals surface area contributed by atoms with Crippen molar-refractivity contribution in [1.29, 1.82) is 10.5 Å². The van der Waals surface area contributed by atoms with Crippen LogP contribution in [0.2, 0.25) is 0 Å². The number of pyridine rings is 1. The summed E-state index contributed by atoms with van der Waals surface area (Å²) in [6.45, 7) is 0. The van der Waals surface area contributed by atoms with Gasteiger partial charge in [-0.2, -0.15) is 10.5 Å². The molecule has 5 heteroatoms. The molecule has 1 aliphatic rings. The van der Waals surface area contributed by atoms with E-state index in [1.165, 1.54) is 10.9 Å². The fourth-order valence-electron chi connectivity index (χ4n) is 7.35. The molecule has 5 nitrogen and oxygen atoms in total. The number of hydrogen-bond donors (Lipinski definition) is 0. The summed E-state index contributed by atoms with van der Waals surface area (Å²) in [7, 11) is 0. The Morgan fingerprint density at radius 2 is 1.19 bits per heavy atom. The van der Waals surface area contributed by atoms with Crippen molar-refractivity contribution in [3.05, 3.63) is 156 Å². The van der Waals surface area contributed by atoms with E-state index in [2.05, 4.69) is 106 Å². The largest absolute Gasteiger partial charge is 0.294 e. The fourth-order valence-corrected chi connectivity index (χ4v) is 7.35. The number of nitrogens with zero attached hydrogens (tertiary/aromatic N) is 5. The minimum Gasteiger partial charge on any atom is -0.294 e. The summed E-state index contributed by atoms with van der Waals surface area (Å²) in [4.78, 5) is 5.46. The highest BCUT2D eigenvalue weighted by Gasteiger charge is 2.22. The first kappa shape index (κ1) is 27.6. The van der Waals surface area contributed by atoms with Crippen molar-refractivity contribution in [3.63, 3.8) is 0 Å². The van der Waals surface area contributed by atoms with Crippen LogP contribution in [0.1, 0.15) is 28.8 Å². The van der Waals surface area contributed by atoms with Crippen LogP contribution in [0.25, 0.3) is 72.7 Å². The van der Waals surface area contributed by atoms with Gasteiger partial charge in [-0.05, 0) is 101 Å². The number of para-hydroxylation sites is 2. The van der Waals surface area contributed by atoms with Crippen LogP contribution in [-0.2, 0) is 6.42 Å². The molecule has 0 saturated carbocycles. The molecular formula is C43H27N5. The first-order chi connectivity index (χ1) is 23.7. The molecule has 48 heavy (non-hydrogen) atoms. The number of fused-ring (bicyclic) bond motifs is 6. The second kappa shape index (κ2) is 11.0. The van der Waals surface area contributed by atoms with Crippen molar-refractivity contribution in [2.24, 2.45) is 0 Å². The Hall–Kier alpha value is -6.69. The van der Waals surface area contributed by atoms with Gasteiger partial charge < -0.3 is 0 Å². The molecule has 224 valence electrons. The Bertz CT molecular complexity index is 2710. The van der Waals surface area contributed by atoms with Gasteiger partial charge in [-0.25, -0.2) is 4.98 Å². The summed E-state index contributed by atoms with van der Waals surface area (Å²) in [5.41, 5.74) is 11.0. The zero-order chi connectivity index (χ0) is 32.2. The molecule has 3 aromatic heterocycles. The predicted octanol–water partition coefficient (Wildman–Crippen LogP) is 10.2. The van der Waals surface area contributed by atoms with Gasteiger partial charge in [0, 0.05) is 16.2 Å². The lowest BCUT2D eigenvalue weighted by Gasteiger charge is -2.17. The number of aromatic nitrogens is 3. The highest BCUT2D eigenvalue weighted by Crippen LogP contribution is 2.39. The average Bonchev–Trinajstić information content (AvgIpc) is 3.67. The van der Waals surface area contributed by atoms with Crippen LogP contribution in [0.3, 0.4) is 0 Å². The molecular weight excluding hydrogens is 587 g/mol. The monoisotopic (exact) mass is 613 g/mol. The van der Waals surface area contributed by atoms with Crippen molar-refractivity contribution in [2.45, 2.75) is 12.8 Å². The topological polar surface area (TPSA) is 70.3 Å². The van der Waals surface area contributed by atoms with Crippen LogP contribution in [0.4, 0.5) is 0 Å². The Labute approximate surface area is 277 Å². The zero-order valence-corrected chi connectivity index (χ0v) is 25.9. The standard InChI is InChI=1S/C43H27N5/c44-26-28-10-9-11-30(22-28)32-12-1-2-13-33(32)31-24-42(47-38-17-6-3-14-34(38)35-15-4-7-18-39(35)47)46-43(25-31)48-40-19-8-5-16-36(40)37-23-29(27-45)20-21-41(37)48/h1-3,5-14,16-25H,4,15H2. The van der Waals surface area contributed by atoms with Gasteiger partial charge >= 0.3 is 0 Å². The third-order valence-electron chi connectivity index (χ3n) is 9.46.